The summed E-state index contributed by atoms with van der Waals surface area (Å²) in [5, 5.41) is 0. The van der Waals surface area contributed by atoms with Crippen molar-refractivity contribution in [1.29, 1.82) is 0 Å². The molecule has 0 spiro atoms. The number of allylic oxidation sites excluding steroid dienone is 8. The zero-order valence-electron chi connectivity index (χ0n) is 19.0. The third-order valence-electron chi connectivity index (χ3n) is 4.90. The van der Waals surface area contributed by atoms with Crippen LogP contribution < -0.4 is 0 Å². The molecule has 1 aromatic rings. The molecule has 0 bridgehead atoms. The molecular weight excluding hydrogens is 392 g/mol. The Bertz CT molecular complexity index is 911. The maximum atomic E-state index is 13.7. The molecule has 1 aromatic heterocycles. The van der Waals surface area contributed by atoms with Crippen LogP contribution in [-0.2, 0) is 5.92 Å². The molecule has 31 heavy (non-hydrogen) atoms. The summed E-state index contributed by atoms with van der Waals surface area (Å²) in [5.74, 6) is -2.98. The molecule has 1 aliphatic heterocycles. The van der Waals surface area contributed by atoms with E-state index in [0.29, 0.717) is 5.56 Å². The number of nitrogens with zero attached hydrogens (tertiary/aromatic N) is 3. The monoisotopic (exact) mass is 425 g/mol. The summed E-state index contributed by atoms with van der Waals surface area (Å²) in [6, 6.07) is 3.18. The second-order valence-corrected chi connectivity index (χ2v) is 7.95. The van der Waals surface area contributed by atoms with Crippen LogP contribution in [-0.4, -0.2) is 29.2 Å². The molecule has 0 atom stereocenters. The fraction of sp³-hybridized carbons (Fsp3) is 0.385. The minimum atomic E-state index is -2.98. The highest BCUT2D eigenvalue weighted by Gasteiger charge is 2.26. The lowest BCUT2D eigenvalue weighted by molar-refractivity contribution is 0.0127. The number of pyridine rings is 1. The van der Waals surface area contributed by atoms with Gasteiger partial charge in [0.2, 0.25) is 0 Å². The smallest absolute Gasteiger partial charge is 0.286 e. The van der Waals surface area contributed by atoms with Crippen LogP contribution in [0.4, 0.5) is 8.78 Å². The molecule has 0 radical (unpaired) electrons. The van der Waals surface area contributed by atoms with Crippen molar-refractivity contribution in [2.24, 2.45) is 4.99 Å². The van der Waals surface area contributed by atoms with Gasteiger partial charge in [-0.2, -0.15) is 8.78 Å². The van der Waals surface area contributed by atoms with Gasteiger partial charge in [0, 0.05) is 32.4 Å². The Morgan fingerprint density at radius 3 is 2.74 bits per heavy atom. The maximum Gasteiger partial charge on any atom is 0.286 e. The average molecular weight is 426 g/mol. The number of alkyl halides is 2. The minimum Gasteiger partial charge on any atom is -0.370 e. The van der Waals surface area contributed by atoms with Gasteiger partial charge in [0.1, 0.15) is 5.69 Å². The predicted octanol–water partition coefficient (Wildman–Crippen LogP) is 7.07. The van der Waals surface area contributed by atoms with Crippen molar-refractivity contribution in [2.45, 2.75) is 52.9 Å². The number of aliphatic imine (C=N–C) groups is 1. The highest BCUT2D eigenvalue weighted by molar-refractivity contribution is 5.82. The standard InChI is InChI=1S/C26H33F2N3/c1-6-17-31-18-9-11-23(24(31)7-2)29-15-8-10-21(13-12-20(3)4)22-14-16-30-25(19-22)26(5,27)28/h7-8,10,12-16,19H,2,6,9,11,17-18H2,1,3-5H3/b10-8+,21-13+,29-15?. The molecule has 0 saturated carbocycles. The molecule has 0 unspecified atom stereocenters. The second kappa shape index (κ2) is 11.5. The maximum absolute atomic E-state index is 13.7. The Morgan fingerprint density at radius 2 is 2.10 bits per heavy atom. The van der Waals surface area contributed by atoms with Crippen LogP contribution in [0.1, 0.15) is 58.2 Å². The summed E-state index contributed by atoms with van der Waals surface area (Å²) in [7, 11) is 0. The SMILES string of the molecule is C=CC1=C(N=C/C=C/C(=C\C=C(C)C)c2ccnc(C(C)(F)F)c2)CCCN1CCC. The van der Waals surface area contributed by atoms with Crippen LogP contribution in [0.2, 0.25) is 0 Å². The molecule has 0 N–H and O–H groups in total. The largest absolute Gasteiger partial charge is 0.370 e. The lowest BCUT2D eigenvalue weighted by Gasteiger charge is -2.30. The highest BCUT2D eigenvalue weighted by Crippen LogP contribution is 2.28. The highest BCUT2D eigenvalue weighted by atomic mass is 19.3. The third-order valence-corrected chi connectivity index (χ3v) is 4.90. The normalized spacial score (nSPS) is 15.8. The van der Waals surface area contributed by atoms with E-state index in [4.69, 9.17) is 0 Å². The Balaban J connectivity index is 2.31. The first-order valence-electron chi connectivity index (χ1n) is 10.8. The number of rotatable bonds is 9. The molecule has 5 heteroatoms. The summed E-state index contributed by atoms with van der Waals surface area (Å²) in [4.78, 5) is 10.8. The van der Waals surface area contributed by atoms with Gasteiger partial charge in [-0.05, 0) is 68.5 Å². The van der Waals surface area contributed by atoms with E-state index >= 15 is 0 Å². The van der Waals surface area contributed by atoms with Gasteiger partial charge in [-0.3, -0.25) is 9.98 Å². The zero-order valence-corrected chi connectivity index (χ0v) is 19.0. The Kier molecular flexibility index (Phi) is 9.10. The molecule has 166 valence electrons. The molecule has 0 saturated heterocycles. The van der Waals surface area contributed by atoms with E-state index in [9.17, 15) is 8.78 Å². The zero-order chi connectivity index (χ0) is 22.9. The van der Waals surface area contributed by atoms with Crippen molar-refractivity contribution in [3.8, 4) is 0 Å². The Labute approximate surface area is 185 Å². The Hall–Kier alpha value is -2.82. The summed E-state index contributed by atoms with van der Waals surface area (Å²) in [6.45, 7) is 13.0. The number of hydrogen-bond donors (Lipinski definition) is 0. The summed E-state index contributed by atoms with van der Waals surface area (Å²) in [5.41, 5.74) is 4.51. The van der Waals surface area contributed by atoms with Gasteiger partial charge >= 0.3 is 0 Å². The van der Waals surface area contributed by atoms with Gasteiger partial charge in [-0.15, -0.1) is 0 Å². The topological polar surface area (TPSA) is 28.5 Å². The molecule has 3 nitrogen and oxygen atoms in total. The van der Waals surface area contributed by atoms with Crippen molar-refractivity contribution in [2.75, 3.05) is 13.1 Å². The van der Waals surface area contributed by atoms with Gasteiger partial charge in [-0.25, -0.2) is 0 Å². The molecule has 0 aliphatic carbocycles. The van der Waals surface area contributed by atoms with E-state index in [0.717, 1.165) is 61.8 Å². The average Bonchev–Trinajstić information content (AvgIpc) is 2.73. The lowest BCUT2D eigenvalue weighted by Crippen LogP contribution is -2.28. The van der Waals surface area contributed by atoms with Gasteiger partial charge in [0.25, 0.3) is 5.92 Å². The Morgan fingerprint density at radius 1 is 1.32 bits per heavy atom. The fourth-order valence-electron chi connectivity index (χ4n) is 3.38. The van der Waals surface area contributed by atoms with Crippen molar-refractivity contribution in [1.82, 2.24) is 9.88 Å². The fourth-order valence-corrected chi connectivity index (χ4v) is 3.38. The first kappa shape index (κ1) is 24.4. The summed E-state index contributed by atoms with van der Waals surface area (Å²) < 4.78 is 27.5. The second-order valence-electron chi connectivity index (χ2n) is 7.95. The van der Waals surface area contributed by atoms with Gasteiger partial charge in [0.15, 0.2) is 0 Å². The van der Waals surface area contributed by atoms with Crippen LogP contribution in [0, 0.1) is 0 Å². The molecule has 2 rings (SSSR count). The minimum absolute atomic E-state index is 0.242. The summed E-state index contributed by atoms with van der Waals surface area (Å²) >= 11 is 0. The molecule has 1 aliphatic rings. The number of aromatic nitrogens is 1. The van der Waals surface area contributed by atoms with E-state index in [1.807, 2.05) is 44.2 Å². The van der Waals surface area contributed by atoms with E-state index in [1.165, 1.54) is 12.3 Å². The van der Waals surface area contributed by atoms with E-state index in [-0.39, 0.29) is 5.69 Å². The molecule has 0 fully saturated rings. The van der Waals surface area contributed by atoms with Gasteiger partial charge in [0.05, 0.1) is 11.4 Å². The van der Waals surface area contributed by atoms with Crippen molar-refractivity contribution in [3.05, 3.63) is 83.5 Å². The van der Waals surface area contributed by atoms with Crippen molar-refractivity contribution < 1.29 is 8.78 Å². The number of hydrogen-bond acceptors (Lipinski definition) is 3. The number of halogens is 2. The van der Waals surface area contributed by atoms with E-state index < -0.39 is 5.92 Å². The first-order valence-corrected chi connectivity index (χ1v) is 10.8. The van der Waals surface area contributed by atoms with Crippen LogP contribution in [0.5, 0.6) is 0 Å². The van der Waals surface area contributed by atoms with Crippen molar-refractivity contribution in [3.63, 3.8) is 0 Å². The lowest BCUT2D eigenvalue weighted by atomic mass is 10.0. The van der Waals surface area contributed by atoms with Crippen LogP contribution >= 0.6 is 0 Å². The van der Waals surface area contributed by atoms with E-state index in [2.05, 4.69) is 28.4 Å². The van der Waals surface area contributed by atoms with Crippen LogP contribution in [0.25, 0.3) is 5.57 Å². The van der Waals surface area contributed by atoms with Gasteiger partial charge in [-0.1, -0.05) is 37.3 Å². The molecule has 0 amide bonds. The predicted molar refractivity (Wildman–Crippen MR) is 127 cm³/mol. The molecule has 2 heterocycles. The quantitative estimate of drug-likeness (QED) is 0.313. The van der Waals surface area contributed by atoms with Crippen LogP contribution in [0.15, 0.2) is 77.2 Å². The van der Waals surface area contributed by atoms with Crippen molar-refractivity contribution >= 4 is 11.8 Å². The van der Waals surface area contributed by atoms with Gasteiger partial charge < -0.3 is 4.90 Å². The van der Waals surface area contributed by atoms with Crippen LogP contribution in [0.3, 0.4) is 0 Å². The third kappa shape index (κ3) is 7.42. The first-order chi connectivity index (χ1) is 14.8. The molecular formula is C26H33F2N3. The van der Waals surface area contributed by atoms with E-state index in [1.54, 1.807) is 12.3 Å². The molecule has 0 aromatic carbocycles. The summed E-state index contributed by atoms with van der Waals surface area (Å²) in [6.07, 6.45) is 15.8.